The second-order valence-electron chi connectivity index (χ2n) is 9.62. The Kier molecular flexibility index (Phi) is 16.2. The molecule has 0 heterocycles. The van der Waals surface area contributed by atoms with Gasteiger partial charge in [-0.15, -0.1) is 0 Å². The van der Waals surface area contributed by atoms with Gasteiger partial charge in [0.2, 0.25) is 41.4 Å². The molecule has 6 unspecified atom stereocenters. The van der Waals surface area contributed by atoms with Crippen LogP contribution in [0.4, 0.5) is 0 Å². The number of carbonyl (C=O) groups is 8. The van der Waals surface area contributed by atoms with E-state index in [2.05, 4.69) is 26.6 Å². The molecule has 12 N–H and O–H groups in total. The maximum absolute atomic E-state index is 13.0. The normalized spacial score (nSPS) is 15.0. The largest absolute Gasteiger partial charge is 0.480 e. The topological polar surface area (TPSA) is 295 Å². The van der Waals surface area contributed by atoms with Gasteiger partial charge in [0, 0.05) is 12.8 Å². The van der Waals surface area contributed by atoms with E-state index < -0.39 is 90.0 Å². The molecule has 0 spiro atoms. The third-order valence-corrected chi connectivity index (χ3v) is 6.07. The van der Waals surface area contributed by atoms with Gasteiger partial charge in [-0.2, -0.15) is 0 Å². The Morgan fingerprint density at radius 1 is 0.707 bits per heavy atom. The van der Waals surface area contributed by atoms with Crippen LogP contribution in [0.1, 0.15) is 59.8 Å². The summed E-state index contributed by atoms with van der Waals surface area (Å²) in [6, 6.07) is -5.89. The number of amides is 7. The third kappa shape index (κ3) is 14.6. The smallest absolute Gasteiger partial charge is 0.326 e. The quantitative estimate of drug-likeness (QED) is 0.0708. The van der Waals surface area contributed by atoms with Gasteiger partial charge >= 0.3 is 5.97 Å². The standard InChI is InChI=1S/C24H42N8O9/c1-5-11(2)19(23(39)30-13(4)20(36)31-15(24(40)41)7-9-17(27)34)32-21(37)12(3)29-18(35)10-28-22(38)14(25)6-8-16(26)33/h11-15,19H,5-10,25H2,1-4H3,(H2,26,33)(H2,27,34)(H,28,38)(H,29,35)(H,30,39)(H,31,36)(H,32,37)(H,40,41). The summed E-state index contributed by atoms with van der Waals surface area (Å²) in [6.07, 6.45) is -0.164. The SMILES string of the molecule is CCC(C)C(NC(=O)C(C)NC(=O)CNC(=O)C(N)CCC(N)=O)C(=O)NC(C)C(=O)NC(CCC(N)=O)C(=O)O. The lowest BCUT2D eigenvalue weighted by atomic mass is 9.97. The van der Waals surface area contributed by atoms with Crippen molar-refractivity contribution in [1.82, 2.24) is 26.6 Å². The number of primary amides is 2. The predicted molar refractivity (Wildman–Crippen MR) is 144 cm³/mol. The Hall–Kier alpha value is -4.28. The first-order valence-electron chi connectivity index (χ1n) is 13.0. The highest BCUT2D eigenvalue weighted by atomic mass is 16.4. The highest BCUT2D eigenvalue weighted by molar-refractivity contribution is 5.95. The van der Waals surface area contributed by atoms with Crippen LogP contribution in [0.25, 0.3) is 0 Å². The van der Waals surface area contributed by atoms with Crippen LogP contribution < -0.4 is 43.8 Å². The second-order valence-corrected chi connectivity index (χ2v) is 9.62. The lowest BCUT2D eigenvalue weighted by Crippen LogP contribution is -2.58. The highest BCUT2D eigenvalue weighted by Crippen LogP contribution is 2.09. The van der Waals surface area contributed by atoms with E-state index in [0.29, 0.717) is 6.42 Å². The van der Waals surface area contributed by atoms with Gasteiger partial charge in [-0.1, -0.05) is 20.3 Å². The van der Waals surface area contributed by atoms with E-state index >= 15 is 0 Å². The van der Waals surface area contributed by atoms with Gasteiger partial charge in [-0.3, -0.25) is 33.6 Å². The number of nitrogens with one attached hydrogen (secondary N) is 5. The van der Waals surface area contributed by atoms with Gasteiger partial charge in [-0.25, -0.2) is 4.79 Å². The van der Waals surface area contributed by atoms with Gasteiger partial charge in [0.1, 0.15) is 24.2 Å². The van der Waals surface area contributed by atoms with Crippen molar-refractivity contribution < 1.29 is 43.5 Å². The molecule has 0 aliphatic carbocycles. The van der Waals surface area contributed by atoms with Gasteiger partial charge in [-0.05, 0) is 32.6 Å². The summed E-state index contributed by atoms with van der Waals surface area (Å²) in [5.41, 5.74) is 15.6. The molecule has 17 nitrogen and oxygen atoms in total. The first-order chi connectivity index (χ1) is 19.0. The zero-order chi connectivity index (χ0) is 31.9. The van der Waals surface area contributed by atoms with Crippen LogP contribution in [0.5, 0.6) is 0 Å². The summed E-state index contributed by atoms with van der Waals surface area (Å²) in [5.74, 6) is -6.85. The van der Waals surface area contributed by atoms with Gasteiger partial charge in [0.15, 0.2) is 0 Å². The van der Waals surface area contributed by atoms with Crippen molar-refractivity contribution in [1.29, 1.82) is 0 Å². The molecule has 17 heteroatoms. The Balaban J connectivity index is 5.07. The van der Waals surface area contributed by atoms with Crippen LogP contribution in [0, 0.1) is 5.92 Å². The molecule has 7 amide bonds. The maximum Gasteiger partial charge on any atom is 0.326 e. The first kappa shape index (κ1) is 36.7. The maximum atomic E-state index is 13.0. The molecular weight excluding hydrogens is 544 g/mol. The Morgan fingerprint density at radius 2 is 1.22 bits per heavy atom. The van der Waals surface area contributed by atoms with Crippen molar-refractivity contribution in [3.05, 3.63) is 0 Å². The molecule has 0 aromatic heterocycles. The number of nitrogens with two attached hydrogens (primary N) is 3. The molecule has 0 saturated heterocycles. The first-order valence-corrected chi connectivity index (χ1v) is 13.0. The Morgan fingerprint density at radius 3 is 1.73 bits per heavy atom. The fraction of sp³-hybridized carbons (Fsp3) is 0.667. The van der Waals surface area contributed by atoms with Crippen molar-refractivity contribution in [2.75, 3.05) is 6.54 Å². The number of carboxylic acid groups (broad SMARTS) is 1. The van der Waals surface area contributed by atoms with Gasteiger partial charge < -0.3 is 48.9 Å². The van der Waals surface area contributed by atoms with Crippen molar-refractivity contribution in [2.24, 2.45) is 23.1 Å². The van der Waals surface area contributed by atoms with Crippen molar-refractivity contribution in [3.8, 4) is 0 Å². The van der Waals surface area contributed by atoms with Crippen LogP contribution in [-0.2, 0) is 38.4 Å². The van der Waals surface area contributed by atoms with E-state index in [1.807, 2.05) is 0 Å². The summed E-state index contributed by atoms with van der Waals surface area (Å²) in [5, 5.41) is 21.1. The molecule has 6 atom stereocenters. The minimum atomic E-state index is -1.40. The van der Waals surface area contributed by atoms with Crippen molar-refractivity contribution in [2.45, 2.75) is 90.0 Å². The molecule has 0 aliphatic heterocycles. The fourth-order valence-corrected chi connectivity index (χ4v) is 3.28. The van der Waals surface area contributed by atoms with E-state index in [1.54, 1.807) is 13.8 Å². The number of carboxylic acids is 1. The summed E-state index contributed by atoms with van der Waals surface area (Å²) in [6.45, 7) is 5.62. The molecule has 0 aromatic rings. The average molecular weight is 587 g/mol. The molecule has 0 saturated carbocycles. The van der Waals surface area contributed by atoms with Crippen LogP contribution in [0.15, 0.2) is 0 Å². The lowest BCUT2D eigenvalue weighted by molar-refractivity contribution is -0.142. The van der Waals surface area contributed by atoms with Gasteiger partial charge in [0.25, 0.3) is 0 Å². The molecule has 232 valence electrons. The van der Waals surface area contributed by atoms with E-state index in [-0.39, 0.29) is 25.7 Å². The fourth-order valence-electron chi connectivity index (χ4n) is 3.28. The molecule has 0 fully saturated rings. The molecule has 0 aliphatic rings. The monoisotopic (exact) mass is 586 g/mol. The minimum absolute atomic E-state index is 0.00360. The molecule has 0 aromatic carbocycles. The summed E-state index contributed by atoms with van der Waals surface area (Å²) < 4.78 is 0. The number of carbonyl (C=O) groups excluding carboxylic acids is 7. The highest BCUT2D eigenvalue weighted by Gasteiger charge is 2.31. The Bertz CT molecular complexity index is 990. The van der Waals surface area contributed by atoms with Crippen LogP contribution in [0.2, 0.25) is 0 Å². The van der Waals surface area contributed by atoms with E-state index in [0.717, 1.165) is 0 Å². The minimum Gasteiger partial charge on any atom is -0.480 e. The van der Waals surface area contributed by atoms with Crippen molar-refractivity contribution in [3.63, 3.8) is 0 Å². The number of hydrogen-bond acceptors (Lipinski definition) is 9. The Labute approximate surface area is 237 Å². The van der Waals surface area contributed by atoms with Crippen LogP contribution in [-0.4, -0.2) is 89.2 Å². The summed E-state index contributed by atoms with van der Waals surface area (Å²) in [7, 11) is 0. The van der Waals surface area contributed by atoms with Crippen molar-refractivity contribution >= 4 is 47.3 Å². The number of rotatable bonds is 19. The zero-order valence-electron chi connectivity index (χ0n) is 23.7. The zero-order valence-corrected chi connectivity index (χ0v) is 23.7. The molecule has 41 heavy (non-hydrogen) atoms. The third-order valence-electron chi connectivity index (χ3n) is 6.07. The van der Waals surface area contributed by atoms with E-state index in [9.17, 15) is 43.5 Å². The van der Waals surface area contributed by atoms with E-state index in [1.165, 1.54) is 13.8 Å². The lowest BCUT2D eigenvalue weighted by Gasteiger charge is -2.27. The molecule has 0 rings (SSSR count). The molecular formula is C24H42N8O9. The molecule has 0 bridgehead atoms. The summed E-state index contributed by atoms with van der Waals surface area (Å²) in [4.78, 5) is 95.4. The van der Waals surface area contributed by atoms with Crippen LogP contribution in [0.3, 0.4) is 0 Å². The van der Waals surface area contributed by atoms with Gasteiger partial charge in [0.05, 0.1) is 12.6 Å². The second kappa shape index (κ2) is 18.1. The van der Waals surface area contributed by atoms with Crippen LogP contribution >= 0.6 is 0 Å². The number of aliphatic carboxylic acids is 1. The average Bonchev–Trinajstić information content (AvgIpc) is 2.89. The summed E-state index contributed by atoms with van der Waals surface area (Å²) >= 11 is 0. The molecule has 0 radical (unpaired) electrons. The predicted octanol–water partition coefficient (Wildman–Crippen LogP) is -3.93. The number of hydrogen-bond donors (Lipinski definition) is 9. The van der Waals surface area contributed by atoms with E-state index in [4.69, 9.17) is 17.2 Å².